The molecule has 0 aliphatic rings. The molecule has 4 heteroatoms. The quantitative estimate of drug-likeness (QED) is 0.144. The van der Waals surface area contributed by atoms with E-state index in [1.807, 2.05) is 91.0 Å². The number of hydrogen-bond donors (Lipinski definition) is 0. The summed E-state index contributed by atoms with van der Waals surface area (Å²) in [6, 6.07) is 57.5. The highest BCUT2D eigenvalue weighted by Gasteiger charge is 2.15. The Bertz CT molecular complexity index is 2570. The maximum absolute atomic E-state index is 5.13. The van der Waals surface area contributed by atoms with E-state index >= 15 is 0 Å². The lowest BCUT2D eigenvalue weighted by molar-refractivity contribution is 1.16. The van der Waals surface area contributed by atoms with Crippen LogP contribution >= 0.6 is 0 Å². The molecule has 4 nitrogen and oxygen atoms in total. The first kappa shape index (κ1) is 32.2. The van der Waals surface area contributed by atoms with E-state index in [1.165, 1.54) is 0 Å². The van der Waals surface area contributed by atoms with Crippen molar-refractivity contribution >= 4 is 22.0 Å². The summed E-state index contributed by atoms with van der Waals surface area (Å²) in [4.78, 5) is 20.3. The van der Waals surface area contributed by atoms with Crippen molar-refractivity contribution in [1.82, 2.24) is 19.9 Å². The van der Waals surface area contributed by atoms with E-state index in [1.54, 1.807) is 0 Å². The summed E-state index contributed by atoms with van der Waals surface area (Å²) >= 11 is 0. The van der Waals surface area contributed by atoms with Crippen LogP contribution in [0.2, 0.25) is 0 Å². The first-order valence-electron chi connectivity index (χ1n) is 17.2. The number of hydrogen-bond acceptors (Lipinski definition) is 4. The molecule has 6 aromatic carbocycles. The second-order valence-electron chi connectivity index (χ2n) is 12.5. The van der Waals surface area contributed by atoms with Crippen LogP contribution in [0.3, 0.4) is 0 Å². The molecule has 0 fully saturated rings. The lowest BCUT2D eigenvalue weighted by Crippen LogP contribution is -1.99. The van der Waals surface area contributed by atoms with Crippen molar-refractivity contribution in [1.29, 1.82) is 0 Å². The van der Waals surface area contributed by atoms with E-state index in [0.29, 0.717) is 11.6 Å². The lowest BCUT2D eigenvalue weighted by atomic mass is 10.0. The Labute approximate surface area is 303 Å². The second kappa shape index (κ2) is 14.4. The Kier molecular flexibility index (Phi) is 8.94. The van der Waals surface area contributed by atoms with E-state index < -0.39 is 0 Å². The molecule has 0 amide bonds. The minimum absolute atomic E-state index is 0.623. The minimum Gasteiger partial charge on any atom is -0.228 e. The fourth-order valence-corrected chi connectivity index (χ4v) is 6.31. The number of aromatic nitrogens is 4. The Balaban J connectivity index is 1.22. The van der Waals surface area contributed by atoms with Gasteiger partial charge in [0.05, 0.1) is 22.6 Å². The molecule has 0 saturated heterocycles. The topological polar surface area (TPSA) is 51.6 Å². The highest BCUT2D eigenvalue weighted by atomic mass is 14.9. The van der Waals surface area contributed by atoms with Crippen molar-refractivity contribution in [2.75, 3.05) is 0 Å². The summed E-state index contributed by atoms with van der Waals surface area (Å²) < 4.78 is 0. The number of para-hydroxylation sites is 1. The van der Waals surface area contributed by atoms with Crippen LogP contribution in [0.15, 0.2) is 195 Å². The molecule has 8 rings (SSSR count). The largest absolute Gasteiger partial charge is 0.228 e. The molecule has 0 saturated carbocycles. The van der Waals surface area contributed by atoms with E-state index in [2.05, 4.69) is 104 Å². The lowest BCUT2D eigenvalue weighted by Gasteiger charge is -2.12. The summed E-state index contributed by atoms with van der Waals surface area (Å²) in [6.07, 6.45) is 3.86. The van der Waals surface area contributed by atoms with Crippen LogP contribution in [-0.2, 0) is 0 Å². The zero-order valence-corrected chi connectivity index (χ0v) is 28.5. The molecule has 0 bridgehead atoms. The molecule has 2 heterocycles. The summed E-state index contributed by atoms with van der Waals surface area (Å²) in [5, 5.41) is 1.02. The molecule has 0 unspecified atom stereocenters. The van der Waals surface area contributed by atoms with Crippen molar-refractivity contribution in [3.8, 4) is 56.4 Å². The van der Waals surface area contributed by atoms with Crippen LogP contribution in [0.25, 0.3) is 78.5 Å². The van der Waals surface area contributed by atoms with Gasteiger partial charge in [-0.25, -0.2) is 19.9 Å². The number of fused-ring (bicyclic) bond motifs is 1. The molecule has 2 aromatic heterocycles. The van der Waals surface area contributed by atoms with Gasteiger partial charge in [0, 0.05) is 33.2 Å². The van der Waals surface area contributed by atoms with Crippen LogP contribution in [0, 0.1) is 0 Å². The van der Waals surface area contributed by atoms with Crippen molar-refractivity contribution in [2.45, 2.75) is 0 Å². The normalized spacial score (nSPS) is 11.3. The van der Waals surface area contributed by atoms with Gasteiger partial charge in [0.1, 0.15) is 0 Å². The highest BCUT2D eigenvalue weighted by Crippen LogP contribution is 2.32. The minimum atomic E-state index is 0.623. The second-order valence-corrected chi connectivity index (χ2v) is 12.5. The van der Waals surface area contributed by atoms with E-state index in [4.69, 9.17) is 19.9 Å². The molecule has 246 valence electrons. The Morgan fingerprint density at radius 2 is 1.06 bits per heavy atom. The summed E-state index contributed by atoms with van der Waals surface area (Å²) in [7, 11) is 0. The van der Waals surface area contributed by atoms with Crippen molar-refractivity contribution < 1.29 is 0 Å². The van der Waals surface area contributed by atoms with Crippen molar-refractivity contribution in [2.24, 2.45) is 0 Å². The molecule has 0 aliphatic carbocycles. The van der Waals surface area contributed by atoms with Crippen LogP contribution < -0.4 is 0 Å². The molecular weight excluding hydrogens is 633 g/mol. The van der Waals surface area contributed by atoms with E-state index in [0.717, 1.165) is 78.1 Å². The van der Waals surface area contributed by atoms with Gasteiger partial charge in [-0.1, -0.05) is 171 Å². The average Bonchev–Trinajstić information content (AvgIpc) is 3.23. The zero-order valence-electron chi connectivity index (χ0n) is 28.5. The first-order chi connectivity index (χ1) is 25.6. The maximum atomic E-state index is 5.13. The van der Waals surface area contributed by atoms with E-state index in [-0.39, 0.29) is 0 Å². The van der Waals surface area contributed by atoms with Gasteiger partial charge in [-0.05, 0) is 46.5 Å². The zero-order chi connectivity index (χ0) is 35.3. The number of allylic oxidation sites excluding steroid dienone is 4. The van der Waals surface area contributed by atoms with Gasteiger partial charge in [-0.15, -0.1) is 0 Å². The van der Waals surface area contributed by atoms with Crippen LogP contribution in [0.4, 0.5) is 0 Å². The third kappa shape index (κ3) is 6.74. The van der Waals surface area contributed by atoms with E-state index in [9.17, 15) is 0 Å². The predicted octanol–water partition coefficient (Wildman–Crippen LogP) is 12.0. The number of benzene rings is 6. The van der Waals surface area contributed by atoms with Gasteiger partial charge in [-0.2, -0.15) is 0 Å². The highest BCUT2D eigenvalue weighted by molar-refractivity contribution is 5.93. The summed E-state index contributed by atoms with van der Waals surface area (Å²) in [6.45, 7) is 8.50. The smallest absolute Gasteiger partial charge is 0.160 e. The van der Waals surface area contributed by atoms with Crippen LogP contribution in [0.5, 0.6) is 0 Å². The average molecular weight is 667 g/mol. The molecule has 8 aromatic rings. The van der Waals surface area contributed by atoms with Gasteiger partial charge < -0.3 is 0 Å². The van der Waals surface area contributed by atoms with Gasteiger partial charge in [-0.3, -0.25) is 0 Å². The standard InChI is InChI=1S/C48H34N4/c1-3-34(30-33(2)35-16-7-4-8-17-35)44-32-45(51-48(50-44)41-23-15-22-40(31-41)36-18-9-5-10-19-36)37-26-28-39(29-27-37)47-49-43-25-14-13-24-42(43)46(52-47)38-20-11-6-12-21-38/h3-32H,1-2H2/b34-30+. The summed E-state index contributed by atoms with van der Waals surface area (Å²) in [5.41, 5.74) is 12.2. The third-order valence-electron chi connectivity index (χ3n) is 9.03. The van der Waals surface area contributed by atoms with Crippen LogP contribution in [-0.4, -0.2) is 19.9 Å². The Morgan fingerprint density at radius 3 is 1.79 bits per heavy atom. The van der Waals surface area contributed by atoms with Gasteiger partial charge >= 0.3 is 0 Å². The Hall–Kier alpha value is -7.04. The van der Waals surface area contributed by atoms with Gasteiger partial charge in [0.2, 0.25) is 0 Å². The number of rotatable bonds is 9. The van der Waals surface area contributed by atoms with Crippen LogP contribution in [0.1, 0.15) is 11.3 Å². The molecular formula is C48H34N4. The predicted molar refractivity (Wildman–Crippen MR) is 216 cm³/mol. The van der Waals surface area contributed by atoms with Gasteiger partial charge in [0.15, 0.2) is 11.6 Å². The fourth-order valence-electron chi connectivity index (χ4n) is 6.31. The van der Waals surface area contributed by atoms with Crippen molar-refractivity contribution in [3.05, 3.63) is 206 Å². The summed E-state index contributed by atoms with van der Waals surface area (Å²) in [5.74, 6) is 1.29. The molecule has 52 heavy (non-hydrogen) atoms. The Morgan fingerprint density at radius 1 is 0.462 bits per heavy atom. The molecule has 0 atom stereocenters. The molecule has 0 aliphatic heterocycles. The fraction of sp³-hybridized carbons (Fsp3) is 0. The first-order valence-corrected chi connectivity index (χ1v) is 17.2. The maximum Gasteiger partial charge on any atom is 0.160 e. The molecule has 0 spiro atoms. The monoisotopic (exact) mass is 666 g/mol. The SMILES string of the molecule is C=C/C(=C\C(=C)c1ccccc1)c1cc(-c2ccc(-c3nc(-c4ccccc4)c4ccccc4n3)cc2)nc(-c2cccc(-c3ccccc3)c2)n1. The number of nitrogens with zero attached hydrogens (tertiary/aromatic N) is 4. The van der Waals surface area contributed by atoms with Gasteiger partial charge in [0.25, 0.3) is 0 Å². The molecule has 0 radical (unpaired) electrons. The molecule has 0 N–H and O–H groups in total. The third-order valence-corrected chi connectivity index (χ3v) is 9.03. The van der Waals surface area contributed by atoms with Crippen molar-refractivity contribution in [3.63, 3.8) is 0 Å².